The zero-order chi connectivity index (χ0) is 18.6. The fraction of sp³-hybridized carbons (Fsp3) is 0.500. The highest BCUT2D eigenvalue weighted by Gasteiger charge is 2.42. The maximum Gasteiger partial charge on any atom is 0.290 e. The zero-order valence-electron chi connectivity index (χ0n) is 15.4. The van der Waals surface area contributed by atoms with Crippen LogP contribution in [-0.2, 0) is 14.3 Å². The van der Waals surface area contributed by atoms with Crippen LogP contribution in [0.2, 0.25) is 0 Å². The van der Waals surface area contributed by atoms with Crippen molar-refractivity contribution in [3.63, 3.8) is 0 Å². The summed E-state index contributed by atoms with van der Waals surface area (Å²) in [5.74, 6) is -1.09. The Morgan fingerprint density at radius 2 is 2.08 bits per heavy atom. The van der Waals surface area contributed by atoms with E-state index in [1.807, 2.05) is 45.0 Å². The molecule has 25 heavy (non-hydrogen) atoms. The Hall–Kier alpha value is -2.14. The number of benzene rings is 1. The minimum absolute atomic E-state index is 0.130. The average Bonchev–Trinajstić information content (AvgIpc) is 2.82. The van der Waals surface area contributed by atoms with E-state index in [4.69, 9.17) is 4.74 Å². The van der Waals surface area contributed by atoms with Crippen LogP contribution in [0.4, 0.5) is 0 Å². The molecule has 1 N–H and O–H groups in total. The average molecular weight is 345 g/mol. The van der Waals surface area contributed by atoms with Gasteiger partial charge in [-0.15, -0.1) is 0 Å². The fourth-order valence-electron chi connectivity index (χ4n) is 3.10. The molecule has 0 saturated carbocycles. The molecule has 2 rings (SSSR count). The van der Waals surface area contributed by atoms with E-state index in [0.29, 0.717) is 19.6 Å². The first kappa shape index (κ1) is 19.2. The Bertz CT molecular complexity index is 678. The largest absolute Gasteiger partial charge is 0.503 e. The van der Waals surface area contributed by atoms with Crippen LogP contribution < -0.4 is 0 Å². The quantitative estimate of drug-likeness (QED) is 0.733. The topological polar surface area (TPSA) is 66.8 Å². The van der Waals surface area contributed by atoms with Crippen molar-refractivity contribution < 1.29 is 19.4 Å². The van der Waals surface area contributed by atoms with Crippen LogP contribution in [0.3, 0.4) is 0 Å². The summed E-state index contributed by atoms with van der Waals surface area (Å²) in [7, 11) is 0. The van der Waals surface area contributed by atoms with E-state index in [0.717, 1.165) is 11.1 Å². The van der Waals surface area contributed by atoms with Crippen molar-refractivity contribution in [2.75, 3.05) is 13.2 Å². The number of amides is 1. The van der Waals surface area contributed by atoms with Gasteiger partial charge < -0.3 is 14.7 Å². The molecule has 0 spiro atoms. The molecule has 1 aliphatic heterocycles. The van der Waals surface area contributed by atoms with Crippen LogP contribution in [0.1, 0.15) is 50.8 Å². The highest BCUT2D eigenvalue weighted by molar-refractivity contribution is 6.08. The molecule has 1 aromatic carbocycles. The van der Waals surface area contributed by atoms with Gasteiger partial charge in [0.2, 0.25) is 0 Å². The highest BCUT2D eigenvalue weighted by atomic mass is 16.5. The summed E-state index contributed by atoms with van der Waals surface area (Å²) in [6.07, 6.45) is 1.03. The molecule has 0 aromatic heterocycles. The van der Waals surface area contributed by atoms with Crippen LogP contribution in [0, 0.1) is 6.92 Å². The molecule has 1 aromatic rings. The first-order valence-electron chi connectivity index (χ1n) is 8.82. The lowest BCUT2D eigenvalue weighted by molar-refractivity contribution is -0.129. The number of carbonyl (C=O) groups is 2. The molecule has 5 nitrogen and oxygen atoms in total. The molecular formula is C20H27NO4. The summed E-state index contributed by atoms with van der Waals surface area (Å²) in [4.78, 5) is 26.5. The van der Waals surface area contributed by atoms with E-state index >= 15 is 0 Å². The molecule has 0 saturated heterocycles. The summed E-state index contributed by atoms with van der Waals surface area (Å²) in [5, 5.41) is 10.3. The van der Waals surface area contributed by atoms with E-state index < -0.39 is 17.7 Å². The third-order valence-corrected chi connectivity index (χ3v) is 4.28. The molecule has 0 fully saturated rings. The minimum Gasteiger partial charge on any atom is -0.503 e. The molecule has 0 radical (unpaired) electrons. The predicted molar refractivity (Wildman–Crippen MR) is 96.3 cm³/mol. The standard InChI is InChI=1S/C20H27NO4/c1-5-16(22)17-18(15-9-6-8-14(4)12-15)21(20(24)19(17)23)10-7-11-25-13(2)3/h6,8-9,12-13,18,23H,5,7,10-11H2,1-4H3. The van der Waals surface area contributed by atoms with E-state index in [-0.39, 0.29) is 23.9 Å². The lowest BCUT2D eigenvalue weighted by Gasteiger charge is -2.27. The second kappa shape index (κ2) is 8.30. The number of ketones is 1. The van der Waals surface area contributed by atoms with Gasteiger partial charge in [-0.25, -0.2) is 0 Å². The first-order valence-corrected chi connectivity index (χ1v) is 8.82. The first-order chi connectivity index (χ1) is 11.9. The molecule has 0 aliphatic carbocycles. The van der Waals surface area contributed by atoms with Crippen molar-refractivity contribution in [2.24, 2.45) is 0 Å². The number of rotatable bonds is 8. The van der Waals surface area contributed by atoms with Crippen molar-refractivity contribution in [3.05, 3.63) is 46.7 Å². The molecular weight excluding hydrogens is 318 g/mol. The van der Waals surface area contributed by atoms with Gasteiger partial charge in [0.25, 0.3) is 5.91 Å². The Labute approximate surface area is 149 Å². The smallest absolute Gasteiger partial charge is 0.290 e. The van der Waals surface area contributed by atoms with Gasteiger partial charge >= 0.3 is 0 Å². The number of aryl methyl sites for hydroxylation is 1. The molecule has 1 atom stereocenters. The Balaban J connectivity index is 2.31. The van der Waals surface area contributed by atoms with Crippen molar-refractivity contribution in [3.8, 4) is 0 Å². The van der Waals surface area contributed by atoms with Crippen LogP contribution in [-0.4, -0.2) is 41.0 Å². The normalized spacial score (nSPS) is 17.7. The fourth-order valence-corrected chi connectivity index (χ4v) is 3.10. The third-order valence-electron chi connectivity index (χ3n) is 4.28. The maximum atomic E-state index is 12.6. The van der Waals surface area contributed by atoms with Gasteiger partial charge in [-0.05, 0) is 32.8 Å². The van der Waals surface area contributed by atoms with Crippen molar-refractivity contribution >= 4 is 11.7 Å². The summed E-state index contributed by atoms with van der Waals surface area (Å²) in [5.41, 5.74) is 2.10. The monoisotopic (exact) mass is 345 g/mol. The van der Waals surface area contributed by atoms with E-state index in [1.165, 1.54) is 0 Å². The Kier molecular flexibility index (Phi) is 6.37. The lowest BCUT2D eigenvalue weighted by atomic mass is 9.94. The number of aliphatic hydroxyl groups is 1. The lowest BCUT2D eigenvalue weighted by Crippen LogP contribution is -2.32. The van der Waals surface area contributed by atoms with E-state index in [9.17, 15) is 14.7 Å². The summed E-state index contributed by atoms with van der Waals surface area (Å²) >= 11 is 0. The summed E-state index contributed by atoms with van der Waals surface area (Å²) in [6.45, 7) is 8.57. The number of carbonyl (C=O) groups excluding carboxylic acids is 2. The van der Waals surface area contributed by atoms with Gasteiger partial charge in [0.1, 0.15) is 0 Å². The second-order valence-electron chi connectivity index (χ2n) is 6.63. The number of nitrogens with zero attached hydrogens (tertiary/aromatic N) is 1. The van der Waals surface area contributed by atoms with Gasteiger partial charge in [-0.3, -0.25) is 9.59 Å². The molecule has 136 valence electrons. The van der Waals surface area contributed by atoms with Gasteiger partial charge in [0, 0.05) is 19.6 Å². The van der Waals surface area contributed by atoms with Gasteiger partial charge in [-0.1, -0.05) is 36.8 Å². The number of hydrogen-bond acceptors (Lipinski definition) is 4. The Morgan fingerprint density at radius 3 is 2.68 bits per heavy atom. The Morgan fingerprint density at radius 1 is 1.36 bits per heavy atom. The van der Waals surface area contributed by atoms with Gasteiger partial charge in [0.05, 0.1) is 17.7 Å². The van der Waals surface area contributed by atoms with Crippen LogP contribution in [0.15, 0.2) is 35.6 Å². The van der Waals surface area contributed by atoms with E-state index in [1.54, 1.807) is 11.8 Å². The summed E-state index contributed by atoms with van der Waals surface area (Å²) in [6, 6.07) is 7.19. The SMILES string of the molecule is CCC(=O)C1=C(O)C(=O)N(CCCOC(C)C)C1c1cccc(C)c1. The number of aliphatic hydroxyl groups excluding tert-OH is 1. The third kappa shape index (κ3) is 4.28. The predicted octanol–water partition coefficient (Wildman–Crippen LogP) is 3.48. The highest BCUT2D eigenvalue weighted by Crippen LogP contribution is 2.38. The van der Waals surface area contributed by atoms with Crippen molar-refractivity contribution in [1.82, 2.24) is 4.90 Å². The molecule has 5 heteroatoms. The summed E-state index contributed by atoms with van der Waals surface area (Å²) < 4.78 is 5.54. The molecule has 1 heterocycles. The number of hydrogen-bond donors (Lipinski definition) is 1. The molecule has 1 aliphatic rings. The van der Waals surface area contributed by atoms with E-state index in [2.05, 4.69) is 0 Å². The maximum absolute atomic E-state index is 12.6. The van der Waals surface area contributed by atoms with Gasteiger partial charge in [-0.2, -0.15) is 0 Å². The van der Waals surface area contributed by atoms with Crippen LogP contribution >= 0.6 is 0 Å². The van der Waals surface area contributed by atoms with Crippen molar-refractivity contribution in [2.45, 2.75) is 52.7 Å². The van der Waals surface area contributed by atoms with Gasteiger partial charge in [0.15, 0.2) is 11.5 Å². The second-order valence-corrected chi connectivity index (χ2v) is 6.63. The van der Waals surface area contributed by atoms with Crippen molar-refractivity contribution in [1.29, 1.82) is 0 Å². The molecule has 1 amide bonds. The molecule has 1 unspecified atom stereocenters. The number of ether oxygens (including phenoxy) is 1. The molecule has 0 bridgehead atoms. The van der Waals surface area contributed by atoms with Crippen LogP contribution in [0.5, 0.6) is 0 Å². The number of Topliss-reactive ketones (excluding diaryl/α,β-unsaturated/α-hetero) is 1. The minimum atomic E-state index is -0.529. The zero-order valence-corrected chi connectivity index (χ0v) is 15.4. The van der Waals surface area contributed by atoms with Crippen LogP contribution in [0.25, 0.3) is 0 Å².